The van der Waals surface area contributed by atoms with E-state index in [0.29, 0.717) is 16.0 Å². The number of aromatic amines is 1. The summed E-state index contributed by atoms with van der Waals surface area (Å²) in [6, 6.07) is 3.98. The fourth-order valence-electron chi connectivity index (χ4n) is 1.51. The number of nitrogens with one attached hydrogen (secondary N) is 2. The molecule has 0 amide bonds. The molecule has 102 valence electrons. The van der Waals surface area contributed by atoms with Gasteiger partial charge in [-0.05, 0) is 41.1 Å². The number of nitrogens with zero attached hydrogens (tertiary/aromatic N) is 2. The Labute approximate surface area is 118 Å². The van der Waals surface area contributed by atoms with Gasteiger partial charge in [0.15, 0.2) is 0 Å². The molecule has 7 nitrogen and oxygen atoms in total. The minimum Gasteiger partial charge on any atom is -0.399 e. The molecule has 4 N–H and O–H groups in total. The summed E-state index contributed by atoms with van der Waals surface area (Å²) in [5.74, 6) is 0.440. The van der Waals surface area contributed by atoms with Crippen LogP contribution in [-0.4, -0.2) is 23.6 Å². The Morgan fingerprint density at radius 2 is 2.21 bits per heavy atom. The maximum Gasteiger partial charge on any atom is 0.242 e. The number of aromatic nitrogens is 3. The average molecular weight is 346 g/mol. The lowest BCUT2D eigenvalue weighted by Gasteiger charge is -2.13. The number of H-pyrrole nitrogens is 1. The Hall–Kier alpha value is -1.45. The van der Waals surface area contributed by atoms with E-state index in [1.54, 1.807) is 6.92 Å². The molecule has 2 rings (SSSR count). The molecule has 1 atom stereocenters. The summed E-state index contributed by atoms with van der Waals surface area (Å²) in [6.07, 6.45) is 1.32. The van der Waals surface area contributed by atoms with Crippen LogP contribution >= 0.6 is 15.9 Å². The van der Waals surface area contributed by atoms with Gasteiger partial charge in [0.05, 0.1) is 10.9 Å². The molecule has 9 heteroatoms. The normalized spacial score (nSPS) is 13.4. The molecule has 0 fully saturated rings. The van der Waals surface area contributed by atoms with Crippen molar-refractivity contribution in [3.8, 4) is 0 Å². The summed E-state index contributed by atoms with van der Waals surface area (Å²) >= 11 is 3.19. The molecule has 1 aromatic heterocycles. The molecule has 1 aromatic carbocycles. The predicted octanol–water partition coefficient (Wildman–Crippen LogP) is 1.19. The zero-order valence-corrected chi connectivity index (χ0v) is 12.4. The van der Waals surface area contributed by atoms with Gasteiger partial charge in [0.1, 0.15) is 12.2 Å². The second kappa shape index (κ2) is 5.27. The first-order chi connectivity index (χ1) is 8.90. The van der Waals surface area contributed by atoms with Gasteiger partial charge in [0, 0.05) is 10.2 Å². The van der Waals surface area contributed by atoms with E-state index in [-0.39, 0.29) is 4.90 Å². The third-order valence-corrected chi connectivity index (χ3v) is 4.94. The van der Waals surface area contributed by atoms with E-state index in [0.717, 1.165) is 0 Å². The third kappa shape index (κ3) is 3.11. The minimum absolute atomic E-state index is 0.119. The van der Waals surface area contributed by atoms with Crippen LogP contribution < -0.4 is 10.5 Å². The second-order valence-electron chi connectivity index (χ2n) is 3.90. The van der Waals surface area contributed by atoms with E-state index in [4.69, 9.17) is 5.73 Å². The first-order valence-electron chi connectivity index (χ1n) is 5.33. The number of hydrogen-bond acceptors (Lipinski definition) is 5. The second-order valence-corrected chi connectivity index (χ2v) is 6.44. The number of sulfonamides is 1. The molecule has 0 radical (unpaired) electrons. The fourth-order valence-corrected chi connectivity index (χ4v) is 3.81. The first-order valence-corrected chi connectivity index (χ1v) is 7.60. The van der Waals surface area contributed by atoms with E-state index in [2.05, 4.69) is 35.8 Å². The van der Waals surface area contributed by atoms with Gasteiger partial charge in [-0.3, -0.25) is 5.10 Å². The summed E-state index contributed by atoms with van der Waals surface area (Å²) in [5.41, 5.74) is 6.06. The highest BCUT2D eigenvalue weighted by molar-refractivity contribution is 9.10. The van der Waals surface area contributed by atoms with Crippen molar-refractivity contribution in [2.24, 2.45) is 0 Å². The summed E-state index contributed by atoms with van der Waals surface area (Å²) in [7, 11) is -3.67. The molecule has 19 heavy (non-hydrogen) atoms. The van der Waals surface area contributed by atoms with Gasteiger partial charge in [0.2, 0.25) is 10.0 Å². The molecule has 0 aliphatic heterocycles. The van der Waals surface area contributed by atoms with E-state index in [9.17, 15) is 8.42 Å². The summed E-state index contributed by atoms with van der Waals surface area (Å²) in [6.45, 7) is 1.67. The summed E-state index contributed by atoms with van der Waals surface area (Å²) < 4.78 is 27.4. The molecule has 0 saturated carbocycles. The van der Waals surface area contributed by atoms with Crippen molar-refractivity contribution in [2.45, 2.75) is 17.9 Å². The lowest BCUT2D eigenvalue weighted by atomic mass is 10.3. The molecule has 0 spiro atoms. The van der Waals surface area contributed by atoms with Gasteiger partial charge in [-0.15, -0.1) is 0 Å². The van der Waals surface area contributed by atoms with Crippen LogP contribution in [0.15, 0.2) is 33.9 Å². The molecule has 0 aliphatic carbocycles. The molecule has 1 unspecified atom stereocenters. The largest absolute Gasteiger partial charge is 0.399 e. The molecule has 1 heterocycles. The van der Waals surface area contributed by atoms with Crippen LogP contribution in [0.3, 0.4) is 0 Å². The molecule has 0 saturated heterocycles. The third-order valence-electron chi connectivity index (χ3n) is 2.42. The molecular weight excluding hydrogens is 334 g/mol. The van der Waals surface area contributed by atoms with Gasteiger partial charge in [0.25, 0.3) is 0 Å². The summed E-state index contributed by atoms with van der Waals surface area (Å²) in [5, 5.41) is 6.29. The van der Waals surface area contributed by atoms with Crippen LogP contribution in [0, 0.1) is 0 Å². The quantitative estimate of drug-likeness (QED) is 0.720. The minimum atomic E-state index is -3.67. The Bertz CT molecular complexity index is 671. The van der Waals surface area contributed by atoms with E-state index < -0.39 is 16.1 Å². The van der Waals surface area contributed by atoms with Gasteiger partial charge >= 0.3 is 0 Å². The number of hydrogen-bond donors (Lipinski definition) is 3. The Kier molecular flexibility index (Phi) is 3.88. The summed E-state index contributed by atoms with van der Waals surface area (Å²) in [4.78, 5) is 4.02. The van der Waals surface area contributed by atoms with Crippen molar-refractivity contribution in [2.75, 3.05) is 5.73 Å². The predicted molar refractivity (Wildman–Crippen MR) is 73.7 cm³/mol. The number of benzene rings is 1. The van der Waals surface area contributed by atoms with Crippen molar-refractivity contribution in [3.05, 3.63) is 34.8 Å². The SMILES string of the molecule is CC(NS(=O)(=O)c1ccc(N)cc1Br)c1ncn[nH]1. The standard InChI is InChI=1S/C10H12BrN5O2S/c1-6(10-13-5-14-15-10)16-19(17,18)9-3-2-7(12)4-8(9)11/h2-6,16H,12H2,1H3,(H,13,14,15). The van der Waals surface area contributed by atoms with Gasteiger partial charge < -0.3 is 5.73 Å². The van der Waals surface area contributed by atoms with Gasteiger partial charge in [-0.1, -0.05) is 0 Å². The van der Waals surface area contributed by atoms with E-state index in [1.807, 2.05) is 0 Å². The van der Waals surface area contributed by atoms with Crippen LogP contribution in [0.5, 0.6) is 0 Å². The highest BCUT2D eigenvalue weighted by Crippen LogP contribution is 2.25. The van der Waals surface area contributed by atoms with Crippen LogP contribution in [0.2, 0.25) is 0 Å². The zero-order chi connectivity index (χ0) is 14.0. The average Bonchev–Trinajstić information content (AvgIpc) is 2.80. The van der Waals surface area contributed by atoms with Crippen LogP contribution in [0.1, 0.15) is 18.8 Å². The zero-order valence-electron chi connectivity index (χ0n) is 9.96. The number of halogens is 1. The maximum absolute atomic E-state index is 12.2. The number of anilines is 1. The smallest absolute Gasteiger partial charge is 0.242 e. The van der Waals surface area contributed by atoms with Crippen LogP contribution in [0.4, 0.5) is 5.69 Å². The Balaban J connectivity index is 2.28. The molecule has 2 aromatic rings. The Morgan fingerprint density at radius 1 is 1.47 bits per heavy atom. The maximum atomic E-state index is 12.2. The Morgan fingerprint density at radius 3 is 2.79 bits per heavy atom. The molecule has 0 aliphatic rings. The van der Waals surface area contributed by atoms with Gasteiger partial charge in [-0.25, -0.2) is 18.1 Å². The lowest BCUT2D eigenvalue weighted by Crippen LogP contribution is -2.27. The number of rotatable bonds is 4. The van der Waals surface area contributed by atoms with Crippen molar-refractivity contribution >= 4 is 31.6 Å². The first kappa shape index (κ1) is 14.0. The van der Waals surface area contributed by atoms with E-state index >= 15 is 0 Å². The molecular formula is C10H12BrN5O2S. The van der Waals surface area contributed by atoms with Crippen molar-refractivity contribution in [1.29, 1.82) is 0 Å². The van der Waals surface area contributed by atoms with Crippen LogP contribution in [0.25, 0.3) is 0 Å². The van der Waals surface area contributed by atoms with Crippen LogP contribution in [-0.2, 0) is 10.0 Å². The number of nitrogen functional groups attached to an aromatic ring is 1. The fraction of sp³-hybridized carbons (Fsp3) is 0.200. The van der Waals surface area contributed by atoms with Crippen molar-refractivity contribution in [1.82, 2.24) is 19.9 Å². The topological polar surface area (TPSA) is 114 Å². The highest BCUT2D eigenvalue weighted by Gasteiger charge is 2.22. The highest BCUT2D eigenvalue weighted by atomic mass is 79.9. The lowest BCUT2D eigenvalue weighted by molar-refractivity contribution is 0.560. The monoisotopic (exact) mass is 345 g/mol. The number of nitrogens with two attached hydrogens (primary N) is 1. The molecule has 0 bridgehead atoms. The van der Waals surface area contributed by atoms with Crippen molar-refractivity contribution < 1.29 is 8.42 Å². The van der Waals surface area contributed by atoms with Gasteiger partial charge in [-0.2, -0.15) is 5.10 Å². The van der Waals surface area contributed by atoms with E-state index in [1.165, 1.54) is 24.5 Å². The van der Waals surface area contributed by atoms with Crippen molar-refractivity contribution in [3.63, 3.8) is 0 Å².